The van der Waals surface area contributed by atoms with E-state index < -0.39 is 0 Å². The van der Waals surface area contributed by atoms with E-state index in [-0.39, 0.29) is 4.70 Å². The predicted molar refractivity (Wildman–Crippen MR) is 81.3 cm³/mol. The van der Waals surface area contributed by atoms with Gasteiger partial charge in [-0.25, -0.2) is 0 Å². The Hall–Kier alpha value is -0.110. The molecule has 1 rings (SSSR count). The third-order valence-electron chi connectivity index (χ3n) is 4.44. The normalized spacial score (nSPS) is 16.3. The Bertz CT molecular complexity index is 167. The molecule has 19 heavy (non-hydrogen) atoms. The molecule has 1 N–H and O–H groups in total. The fraction of sp³-hybridized carbons (Fsp3) is 1.00. The van der Waals surface area contributed by atoms with Crippen molar-refractivity contribution in [1.82, 2.24) is 0 Å². The van der Waals surface area contributed by atoms with Crippen LogP contribution >= 0.6 is 0 Å². The SMILES string of the molecule is CCCCCCCCCCCC[NH+]1CCCCC1.[F-]. The quantitative estimate of drug-likeness (QED) is 0.535. The predicted octanol–water partition coefficient (Wildman–Crippen LogP) is 0.980. The lowest BCUT2D eigenvalue weighted by Crippen LogP contribution is -3.12. The second-order valence-corrected chi connectivity index (χ2v) is 6.24. The van der Waals surface area contributed by atoms with E-state index in [0.717, 1.165) is 0 Å². The fourth-order valence-electron chi connectivity index (χ4n) is 3.16. The van der Waals surface area contributed by atoms with Crippen LogP contribution in [0.5, 0.6) is 0 Å². The van der Waals surface area contributed by atoms with Gasteiger partial charge in [0.15, 0.2) is 0 Å². The van der Waals surface area contributed by atoms with E-state index in [4.69, 9.17) is 0 Å². The van der Waals surface area contributed by atoms with Crippen LogP contribution in [0.4, 0.5) is 0 Å². The van der Waals surface area contributed by atoms with Crippen LogP contribution in [0.15, 0.2) is 0 Å². The van der Waals surface area contributed by atoms with Crippen LogP contribution < -0.4 is 9.60 Å². The Morgan fingerprint density at radius 1 is 0.632 bits per heavy atom. The fourth-order valence-corrected chi connectivity index (χ4v) is 3.16. The van der Waals surface area contributed by atoms with Gasteiger partial charge in [0.1, 0.15) is 0 Å². The zero-order valence-corrected chi connectivity index (χ0v) is 13.2. The molecular weight excluding hydrogens is 237 g/mol. The van der Waals surface area contributed by atoms with Gasteiger partial charge in [-0.15, -0.1) is 0 Å². The lowest BCUT2D eigenvalue weighted by Gasteiger charge is -2.23. The third-order valence-corrected chi connectivity index (χ3v) is 4.44. The van der Waals surface area contributed by atoms with E-state index in [1.54, 1.807) is 0 Å². The molecule has 2 heteroatoms. The number of halogens is 1. The van der Waals surface area contributed by atoms with Crippen molar-refractivity contribution >= 4 is 0 Å². The van der Waals surface area contributed by atoms with E-state index in [0.29, 0.717) is 0 Å². The summed E-state index contributed by atoms with van der Waals surface area (Å²) in [4.78, 5) is 1.89. The molecule has 0 saturated carbocycles. The van der Waals surface area contributed by atoms with Gasteiger partial charge in [-0.05, 0) is 32.1 Å². The Kier molecular flexibility index (Phi) is 14.2. The van der Waals surface area contributed by atoms with E-state index in [1.807, 2.05) is 4.90 Å². The van der Waals surface area contributed by atoms with Crippen molar-refractivity contribution in [3.05, 3.63) is 0 Å². The zero-order chi connectivity index (χ0) is 12.9. The Labute approximate surface area is 120 Å². The van der Waals surface area contributed by atoms with Gasteiger partial charge in [0.2, 0.25) is 0 Å². The van der Waals surface area contributed by atoms with Gasteiger partial charge >= 0.3 is 0 Å². The maximum atomic E-state index is 2.30. The average molecular weight is 273 g/mol. The number of rotatable bonds is 11. The van der Waals surface area contributed by atoms with Crippen molar-refractivity contribution in [2.45, 2.75) is 90.4 Å². The summed E-state index contributed by atoms with van der Waals surface area (Å²) in [6.45, 7) is 6.66. The van der Waals surface area contributed by atoms with Gasteiger partial charge in [0, 0.05) is 0 Å². The molecule has 0 radical (unpaired) electrons. The van der Waals surface area contributed by atoms with E-state index in [9.17, 15) is 0 Å². The second-order valence-electron chi connectivity index (χ2n) is 6.24. The van der Waals surface area contributed by atoms with Crippen LogP contribution in [0, 0.1) is 0 Å². The molecule has 0 aromatic rings. The van der Waals surface area contributed by atoms with Gasteiger partial charge in [0.25, 0.3) is 0 Å². The van der Waals surface area contributed by atoms with Crippen LogP contribution in [0.3, 0.4) is 0 Å². The number of unbranched alkanes of at least 4 members (excludes halogenated alkanes) is 9. The summed E-state index contributed by atoms with van der Waals surface area (Å²) < 4.78 is 0. The van der Waals surface area contributed by atoms with Crippen molar-refractivity contribution in [2.24, 2.45) is 0 Å². The minimum absolute atomic E-state index is 0. The first kappa shape index (κ1) is 18.9. The Balaban J connectivity index is 0.00000324. The molecular formula is C17H36FN. The zero-order valence-electron chi connectivity index (χ0n) is 13.2. The van der Waals surface area contributed by atoms with Crippen molar-refractivity contribution in [2.75, 3.05) is 19.6 Å². The number of piperidine rings is 1. The first-order valence-electron chi connectivity index (χ1n) is 8.77. The van der Waals surface area contributed by atoms with E-state index >= 15 is 0 Å². The Morgan fingerprint density at radius 3 is 1.63 bits per heavy atom. The van der Waals surface area contributed by atoms with E-state index in [2.05, 4.69) is 6.92 Å². The standard InChI is InChI=1S/C17H35N.FH/c1-2-3-4-5-6-7-8-9-10-12-15-18-16-13-11-14-17-18;/h2-17H2,1H3;1H. The maximum Gasteiger partial charge on any atom is 0.0770 e. The van der Waals surface area contributed by atoms with Crippen molar-refractivity contribution in [3.8, 4) is 0 Å². The van der Waals surface area contributed by atoms with Crippen molar-refractivity contribution < 1.29 is 9.60 Å². The molecule has 0 atom stereocenters. The number of hydrogen-bond acceptors (Lipinski definition) is 0. The molecule has 0 aromatic heterocycles. The first-order valence-corrected chi connectivity index (χ1v) is 8.77. The first-order chi connectivity index (χ1) is 8.93. The van der Waals surface area contributed by atoms with Crippen LogP contribution in [-0.4, -0.2) is 19.6 Å². The molecule has 1 nitrogen and oxygen atoms in total. The second kappa shape index (κ2) is 14.3. The summed E-state index contributed by atoms with van der Waals surface area (Å²) in [6.07, 6.45) is 19.1. The van der Waals surface area contributed by atoms with Crippen LogP contribution in [0.1, 0.15) is 90.4 Å². The summed E-state index contributed by atoms with van der Waals surface area (Å²) in [5, 5.41) is 0. The van der Waals surface area contributed by atoms with Crippen LogP contribution in [0.2, 0.25) is 0 Å². The topological polar surface area (TPSA) is 4.44 Å². The van der Waals surface area contributed by atoms with Gasteiger partial charge in [0.05, 0.1) is 19.6 Å². The summed E-state index contributed by atoms with van der Waals surface area (Å²) in [5.41, 5.74) is 0. The molecule has 1 aliphatic rings. The maximum absolute atomic E-state index is 2.30. The van der Waals surface area contributed by atoms with Gasteiger partial charge in [-0.3, -0.25) is 0 Å². The smallest absolute Gasteiger partial charge is 0.0770 e. The lowest BCUT2D eigenvalue weighted by molar-refractivity contribution is -0.905. The van der Waals surface area contributed by atoms with Crippen LogP contribution in [-0.2, 0) is 0 Å². The molecule has 0 unspecified atom stereocenters. The van der Waals surface area contributed by atoms with Gasteiger partial charge in [-0.2, -0.15) is 0 Å². The minimum atomic E-state index is 0. The summed E-state index contributed by atoms with van der Waals surface area (Å²) in [7, 11) is 0. The molecule has 1 saturated heterocycles. The van der Waals surface area contributed by atoms with Crippen molar-refractivity contribution in [1.29, 1.82) is 0 Å². The summed E-state index contributed by atoms with van der Waals surface area (Å²) in [5.74, 6) is 0. The Morgan fingerprint density at radius 2 is 1.11 bits per heavy atom. The molecule has 0 amide bonds. The number of likely N-dealkylation sites (tertiary alicyclic amines) is 1. The highest BCUT2D eigenvalue weighted by Crippen LogP contribution is 2.10. The molecule has 1 heterocycles. The van der Waals surface area contributed by atoms with Gasteiger partial charge < -0.3 is 9.60 Å². The monoisotopic (exact) mass is 273 g/mol. The van der Waals surface area contributed by atoms with Crippen molar-refractivity contribution in [3.63, 3.8) is 0 Å². The molecule has 116 valence electrons. The highest BCUT2D eigenvalue weighted by atomic mass is 19.0. The van der Waals surface area contributed by atoms with Gasteiger partial charge in [-0.1, -0.05) is 58.3 Å². The lowest BCUT2D eigenvalue weighted by atomic mass is 10.1. The molecule has 0 bridgehead atoms. The van der Waals surface area contributed by atoms with Crippen LogP contribution in [0.25, 0.3) is 0 Å². The molecule has 1 fully saturated rings. The molecule has 0 aromatic carbocycles. The summed E-state index contributed by atoms with van der Waals surface area (Å²) in [6, 6.07) is 0. The average Bonchev–Trinajstić information content (AvgIpc) is 2.42. The molecule has 1 aliphatic heterocycles. The molecule has 0 spiro atoms. The summed E-state index contributed by atoms with van der Waals surface area (Å²) >= 11 is 0. The number of hydrogen-bond donors (Lipinski definition) is 1. The number of quaternary nitrogens is 1. The highest BCUT2D eigenvalue weighted by molar-refractivity contribution is 4.49. The minimum Gasteiger partial charge on any atom is -1.00 e. The highest BCUT2D eigenvalue weighted by Gasteiger charge is 2.11. The number of nitrogens with one attached hydrogen (secondary N) is 1. The van der Waals surface area contributed by atoms with E-state index in [1.165, 1.54) is 103 Å². The third kappa shape index (κ3) is 11.4. The largest absolute Gasteiger partial charge is 1.00 e. The molecule has 0 aliphatic carbocycles.